The van der Waals surface area contributed by atoms with Gasteiger partial charge in [-0.25, -0.2) is 0 Å². The number of aromatic hydroxyl groups is 1. The van der Waals surface area contributed by atoms with E-state index in [-0.39, 0.29) is 17.7 Å². The molecule has 0 heterocycles. The number of phenols is 1. The van der Waals surface area contributed by atoms with Gasteiger partial charge in [0.15, 0.2) is 0 Å². The van der Waals surface area contributed by atoms with Gasteiger partial charge >= 0.3 is 0 Å². The third kappa shape index (κ3) is 2.94. The van der Waals surface area contributed by atoms with Gasteiger partial charge in [-0.3, -0.25) is 4.79 Å². The Bertz CT molecular complexity index is 437. The fraction of sp³-hybridized carbons (Fsp3) is 0.500. The third-order valence-corrected chi connectivity index (χ3v) is 3.63. The molecule has 1 saturated carbocycles. The lowest BCUT2D eigenvalue weighted by Crippen LogP contribution is -2.37. The fourth-order valence-electron chi connectivity index (χ4n) is 2.41. The first-order chi connectivity index (χ1) is 8.56. The second kappa shape index (κ2) is 5.29. The summed E-state index contributed by atoms with van der Waals surface area (Å²) in [6, 6.07) is 4.67. The van der Waals surface area contributed by atoms with E-state index in [1.54, 1.807) is 6.07 Å². The van der Waals surface area contributed by atoms with Crippen molar-refractivity contribution in [1.29, 1.82) is 0 Å². The average molecular weight is 248 g/mol. The summed E-state index contributed by atoms with van der Waals surface area (Å²) in [5, 5.41) is 12.4. The van der Waals surface area contributed by atoms with Crippen molar-refractivity contribution in [2.45, 2.75) is 38.6 Å². The van der Waals surface area contributed by atoms with E-state index >= 15 is 0 Å². The highest BCUT2D eigenvalue weighted by Crippen LogP contribution is 2.24. The standard InChI is InChI=1S/C14H20N2O2/c1-9-2-4-10(5-3-9)16-14(18)12-8-11(17)6-7-13(12)15/h6-10,17H,2-5,15H2,1H3,(H,16,18). The predicted octanol–water partition coefficient (Wildman–Crippen LogP) is 2.28. The predicted molar refractivity (Wildman–Crippen MR) is 71.4 cm³/mol. The van der Waals surface area contributed by atoms with Crippen LogP contribution in [0.2, 0.25) is 0 Å². The van der Waals surface area contributed by atoms with Gasteiger partial charge in [-0.05, 0) is 49.8 Å². The Kier molecular flexibility index (Phi) is 3.75. The summed E-state index contributed by atoms with van der Waals surface area (Å²) < 4.78 is 0. The van der Waals surface area contributed by atoms with E-state index in [4.69, 9.17) is 5.73 Å². The van der Waals surface area contributed by atoms with Gasteiger partial charge in [0.05, 0.1) is 5.56 Å². The van der Waals surface area contributed by atoms with E-state index in [1.807, 2.05) is 0 Å². The smallest absolute Gasteiger partial charge is 0.253 e. The highest BCUT2D eigenvalue weighted by Gasteiger charge is 2.21. The van der Waals surface area contributed by atoms with Crippen LogP contribution in [0.15, 0.2) is 18.2 Å². The highest BCUT2D eigenvalue weighted by molar-refractivity contribution is 5.99. The molecule has 1 aliphatic carbocycles. The van der Waals surface area contributed by atoms with Gasteiger partial charge in [-0.2, -0.15) is 0 Å². The van der Waals surface area contributed by atoms with Crippen molar-refractivity contribution < 1.29 is 9.90 Å². The van der Waals surface area contributed by atoms with Crippen molar-refractivity contribution in [2.75, 3.05) is 5.73 Å². The third-order valence-electron chi connectivity index (χ3n) is 3.63. The van der Waals surface area contributed by atoms with Gasteiger partial charge in [-0.1, -0.05) is 6.92 Å². The molecule has 0 aromatic heterocycles. The molecule has 4 heteroatoms. The number of phenolic OH excluding ortho intramolecular Hbond substituents is 1. The molecule has 0 aliphatic heterocycles. The number of amides is 1. The summed E-state index contributed by atoms with van der Waals surface area (Å²) in [6.45, 7) is 2.24. The Balaban J connectivity index is 2.01. The van der Waals surface area contributed by atoms with Crippen LogP contribution in [0.4, 0.5) is 5.69 Å². The molecule has 0 atom stereocenters. The quantitative estimate of drug-likeness (QED) is 0.555. The SMILES string of the molecule is CC1CCC(NC(=O)c2cc(O)ccc2N)CC1. The van der Waals surface area contributed by atoms with Gasteiger partial charge in [0.1, 0.15) is 5.75 Å². The summed E-state index contributed by atoms with van der Waals surface area (Å²) in [6.07, 6.45) is 4.35. The highest BCUT2D eigenvalue weighted by atomic mass is 16.3. The Morgan fingerprint density at radius 2 is 2.00 bits per heavy atom. The number of nitrogens with one attached hydrogen (secondary N) is 1. The van der Waals surface area contributed by atoms with Gasteiger partial charge in [0.25, 0.3) is 5.91 Å². The van der Waals surface area contributed by atoms with Crippen molar-refractivity contribution in [3.63, 3.8) is 0 Å². The zero-order chi connectivity index (χ0) is 13.1. The minimum Gasteiger partial charge on any atom is -0.508 e. The number of hydrogen-bond donors (Lipinski definition) is 3. The minimum atomic E-state index is -0.192. The van der Waals surface area contributed by atoms with Gasteiger partial charge in [0, 0.05) is 11.7 Å². The Labute approximate surface area is 107 Å². The number of anilines is 1. The summed E-state index contributed by atoms with van der Waals surface area (Å²) in [7, 11) is 0. The van der Waals surface area contributed by atoms with Crippen LogP contribution < -0.4 is 11.1 Å². The first kappa shape index (κ1) is 12.7. The van der Waals surface area contributed by atoms with Crippen LogP contribution in [0.1, 0.15) is 43.0 Å². The zero-order valence-corrected chi connectivity index (χ0v) is 10.6. The van der Waals surface area contributed by atoms with E-state index in [9.17, 15) is 9.90 Å². The molecule has 1 aliphatic rings. The maximum absolute atomic E-state index is 12.1. The number of carbonyl (C=O) groups is 1. The summed E-state index contributed by atoms with van der Waals surface area (Å²) in [5.41, 5.74) is 6.50. The van der Waals surface area contributed by atoms with Gasteiger partial charge in [-0.15, -0.1) is 0 Å². The second-order valence-electron chi connectivity index (χ2n) is 5.20. The number of benzene rings is 1. The second-order valence-corrected chi connectivity index (χ2v) is 5.20. The topological polar surface area (TPSA) is 75.3 Å². The number of nitrogen functional groups attached to an aromatic ring is 1. The maximum atomic E-state index is 12.1. The lowest BCUT2D eigenvalue weighted by atomic mass is 9.87. The average Bonchev–Trinajstić information content (AvgIpc) is 2.35. The maximum Gasteiger partial charge on any atom is 0.253 e. The molecule has 4 N–H and O–H groups in total. The van der Waals surface area contributed by atoms with E-state index < -0.39 is 0 Å². The van der Waals surface area contributed by atoms with E-state index in [0.717, 1.165) is 31.6 Å². The molecule has 1 aromatic carbocycles. The molecule has 1 amide bonds. The van der Waals surface area contributed by atoms with Gasteiger partial charge in [0.2, 0.25) is 0 Å². The molecule has 2 rings (SSSR count). The lowest BCUT2D eigenvalue weighted by Gasteiger charge is -2.27. The summed E-state index contributed by atoms with van der Waals surface area (Å²) >= 11 is 0. The molecule has 1 aromatic rings. The van der Waals surface area contributed by atoms with Crippen LogP contribution in [-0.2, 0) is 0 Å². The van der Waals surface area contributed by atoms with Crippen molar-refractivity contribution in [3.8, 4) is 5.75 Å². The molecule has 1 fully saturated rings. The fourth-order valence-corrected chi connectivity index (χ4v) is 2.41. The van der Waals surface area contributed by atoms with E-state index in [2.05, 4.69) is 12.2 Å². The molecule has 0 saturated heterocycles. The molecular weight excluding hydrogens is 228 g/mol. The largest absolute Gasteiger partial charge is 0.508 e. The molecular formula is C14H20N2O2. The first-order valence-corrected chi connectivity index (χ1v) is 6.45. The Morgan fingerprint density at radius 1 is 1.33 bits per heavy atom. The molecule has 18 heavy (non-hydrogen) atoms. The zero-order valence-electron chi connectivity index (χ0n) is 10.6. The van der Waals surface area contributed by atoms with Crippen molar-refractivity contribution in [2.24, 2.45) is 5.92 Å². The van der Waals surface area contributed by atoms with Crippen molar-refractivity contribution >= 4 is 11.6 Å². The summed E-state index contributed by atoms with van der Waals surface area (Å²) in [5.74, 6) is 0.624. The van der Waals surface area contributed by atoms with Crippen LogP contribution in [-0.4, -0.2) is 17.1 Å². The van der Waals surface area contributed by atoms with E-state index in [1.165, 1.54) is 12.1 Å². The minimum absolute atomic E-state index is 0.0617. The molecule has 0 unspecified atom stereocenters. The van der Waals surface area contributed by atoms with Gasteiger partial charge < -0.3 is 16.2 Å². The van der Waals surface area contributed by atoms with Crippen LogP contribution in [0.3, 0.4) is 0 Å². The van der Waals surface area contributed by atoms with Crippen LogP contribution in [0.5, 0.6) is 5.75 Å². The van der Waals surface area contributed by atoms with Crippen molar-refractivity contribution in [3.05, 3.63) is 23.8 Å². The van der Waals surface area contributed by atoms with E-state index in [0.29, 0.717) is 11.3 Å². The molecule has 98 valence electrons. The first-order valence-electron chi connectivity index (χ1n) is 6.45. The van der Waals surface area contributed by atoms with Crippen LogP contribution in [0.25, 0.3) is 0 Å². The Morgan fingerprint density at radius 3 is 2.67 bits per heavy atom. The molecule has 0 spiro atoms. The molecule has 0 radical (unpaired) electrons. The number of rotatable bonds is 2. The number of nitrogens with two attached hydrogens (primary N) is 1. The lowest BCUT2D eigenvalue weighted by molar-refractivity contribution is 0.0923. The molecule has 4 nitrogen and oxygen atoms in total. The summed E-state index contributed by atoms with van der Waals surface area (Å²) in [4.78, 5) is 12.1. The Hall–Kier alpha value is -1.71. The number of carbonyl (C=O) groups excluding carboxylic acids is 1. The van der Waals surface area contributed by atoms with Crippen LogP contribution in [0, 0.1) is 5.92 Å². The van der Waals surface area contributed by atoms with Crippen LogP contribution >= 0.6 is 0 Å². The number of hydrogen-bond acceptors (Lipinski definition) is 3. The monoisotopic (exact) mass is 248 g/mol. The normalized spacial score (nSPS) is 23.6. The van der Waals surface area contributed by atoms with Crippen molar-refractivity contribution in [1.82, 2.24) is 5.32 Å². The molecule has 0 bridgehead atoms.